The van der Waals surface area contributed by atoms with Crippen LogP contribution in [0.5, 0.6) is 0 Å². The third kappa shape index (κ3) is 3.35. The van der Waals surface area contributed by atoms with Crippen LogP contribution in [0, 0.1) is 13.8 Å². The number of esters is 1. The number of hydrogen-bond acceptors (Lipinski definition) is 2. The molecule has 0 spiro atoms. The molecule has 2 nitrogen and oxygen atoms in total. The summed E-state index contributed by atoms with van der Waals surface area (Å²) in [4.78, 5) is 11.7. The lowest BCUT2D eigenvalue weighted by molar-refractivity contribution is 0.0600. The van der Waals surface area contributed by atoms with Crippen LogP contribution in [0.1, 0.15) is 32.6 Å². The first kappa shape index (κ1) is 14.1. The van der Waals surface area contributed by atoms with E-state index in [-0.39, 0.29) is 5.97 Å². The number of aryl methyl sites for hydroxylation is 2. The molecule has 0 aromatic heterocycles. The Bertz CT molecular complexity index is 634. The summed E-state index contributed by atoms with van der Waals surface area (Å²) >= 11 is 0. The predicted molar refractivity (Wildman–Crippen MR) is 82.6 cm³/mol. The summed E-state index contributed by atoms with van der Waals surface area (Å²) in [7, 11) is 1.40. The fraction of sp³-hybridized carbons (Fsp3) is 0.167. The molecule has 0 atom stereocenters. The molecule has 0 N–H and O–H groups in total. The Balaban J connectivity index is 2.34. The number of carbonyl (C=O) groups excluding carboxylic acids is 1. The van der Waals surface area contributed by atoms with Crippen LogP contribution in [-0.2, 0) is 4.74 Å². The van der Waals surface area contributed by atoms with Crippen LogP contribution >= 0.6 is 0 Å². The Kier molecular flexibility index (Phi) is 4.36. The molecule has 2 heteroatoms. The Morgan fingerprint density at radius 2 is 1.65 bits per heavy atom. The van der Waals surface area contributed by atoms with E-state index in [2.05, 4.69) is 32.0 Å². The van der Waals surface area contributed by atoms with Crippen molar-refractivity contribution in [2.45, 2.75) is 13.8 Å². The monoisotopic (exact) mass is 266 g/mol. The SMILES string of the molecule is COC(=O)c1ccccc1C=Cc1cc(C)cc(C)c1. The van der Waals surface area contributed by atoms with E-state index in [1.807, 2.05) is 30.4 Å². The molecule has 0 unspecified atom stereocenters. The maximum atomic E-state index is 11.7. The van der Waals surface area contributed by atoms with Crippen LogP contribution in [0.25, 0.3) is 12.2 Å². The second-order valence-electron chi connectivity index (χ2n) is 4.83. The second kappa shape index (κ2) is 6.20. The van der Waals surface area contributed by atoms with Crippen LogP contribution in [-0.4, -0.2) is 13.1 Å². The van der Waals surface area contributed by atoms with Crippen molar-refractivity contribution in [2.75, 3.05) is 7.11 Å². The van der Waals surface area contributed by atoms with Gasteiger partial charge in [-0.3, -0.25) is 0 Å². The average Bonchev–Trinajstić information content (AvgIpc) is 2.43. The van der Waals surface area contributed by atoms with Crippen LogP contribution in [0.3, 0.4) is 0 Å². The van der Waals surface area contributed by atoms with Crippen LogP contribution in [0.4, 0.5) is 0 Å². The number of rotatable bonds is 3. The van der Waals surface area contributed by atoms with Crippen molar-refractivity contribution in [1.82, 2.24) is 0 Å². The molecule has 0 radical (unpaired) electrons. The molecule has 0 aliphatic rings. The third-order valence-corrected chi connectivity index (χ3v) is 3.07. The van der Waals surface area contributed by atoms with Gasteiger partial charge in [0.1, 0.15) is 0 Å². The maximum Gasteiger partial charge on any atom is 0.338 e. The van der Waals surface area contributed by atoms with Crippen molar-refractivity contribution in [3.05, 3.63) is 70.3 Å². The first-order valence-corrected chi connectivity index (χ1v) is 6.54. The van der Waals surface area contributed by atoms with Crippen molar-refractivity contribution in [3.63, 3.8) is 0 Å². The molecule has 20 heavy (non-hydrogen) atoms. The fourth-order valence-electron chi connectivity index (χ4n) is 2.23. The van der Waals surface area contributed by atoms with Crippen LogP contribution in [0.15, 0.2) is 42.5 Å². The van der Waals surface area contributed by atoms with E-state index < -0.39 is 0 Å². The molecule has 0 heterocycles. The predicted octanol–water partition coefficient (Wildman–Crippen LogP) is 4.26. The van der Waals surface area contributed by atoms with E-state index in [0.717, 1.165) is 11.1 Å². The molecule has 0 amide bonds. The van der Waals surface area contributed by atoms with Gasteiger partial charge in [-0.15, -0.1) is 0 Å². The van der Waals surface area contributed by atoms with Gasteiger partial charge in [0.15, 0.2) is 0 Å². The zero-order valence-corrected chi connectivity index (χ0v) is 12.0. The van der Waals surface area contributed by atoms with E-state index in [1.165, 1.54) is 18.2 Å². The molecule has 102 valence electrons. The molecule has 0 bridgehead atoms. The van der Waals surface area contributed by atoms with E-state index in [0.29, 0.717) is 5.56 Å². The quantitative estimate of drug-likeness (QED) is 0.613. The van der Waals surface area contributed by atoms with Gasteiger partial charge in [0.25, 0.3) is 0 Å². The Labute approximate surface area is 119 Å². The van der Waals surface area contributed by atoms with Crippen molar-refractivity contribution in [1.29, 1.82) is 0 Å². The topological polar surface area (TPSA) is 26.3 Å². The molecule has 0 aliphatic heterocycles. The normalized spacial score (nSPS) is 10.8. The average molecular weight is 266 g/mol. The lowest BCUT2D eigenvalue weighted by Gasteiger charge is -2.04. The lowest BCUT2D eigenvalue weighted by atomic mass is 10.0. The Morgan fingerprint density at radius 3 is 2.30 bits per heavy atom. The third-order valence-electron chi connectivity index (χ3n) is 3.07. The number of carbonyl (C=O) groups is 1. The van der Waals surface area contributed by atoms with Gasteiger partial charge in [0, 0.05) is 0 Å². The maximum absolute atomic E-state index is 11.7. The highest BCUT2D eigenvalue weighted by Gasteiger charge is 2.08. The summed E-state index contributed by atoms with van der Waals surface area (Å²) in [6.45, 7) is 4.15. The van der Waals surface area contributed by atoms with Gasteiger partial charge < -0.3 is 4.74 Å². The van der Waals surface area contributed by atoms with E-state index in [9.17, 15) is 4.79 Å². The van der Waals surface area contributed by atoms with Gasteiger partial charge >= 0.3 is 5.97 Å². The minimum Gasteiger partial charge on any atom is -0.465 e. The zero-order valence-electron chi connectivity index (χ0n) is 12.0. The highest BCUT2D eigenvalue weighted by Crippen LogP contribution is 2.16. The second-order valence-corrected chi connectivity index (χ2v) is 4.83. The van der Waals surface area contributed by atoms with Gasteiger partial charge in [0.05, 0.1) is 12.7 Å². The smallest absolute Gasteiger partial charge is 0.338 e. The van der Waals surface area contributed by atoms with Gasteiger partial charge in [-0.25, -0.2) is 4.79 Å². The zero-order chi connectivity index (χ0) is 14.5. The number of hydrogen-bond donors (Lipinski definition) is 0. The fourth-order valence-corrected chi connectivity index (χ4v) is 2.23. The van der Waals surface area contributed by atoms with Gasteiger partial charge in [-0.1, -0.05) is 59.7 Å². The first-order valence-electron chi connectivity index (χ1n) is 6.54. The van der Waals surface area contributed by atoms with Gasteiger partial charge in [-0.05, 0) is 31.0 Å². The lowest BCUT2D eigenvalue weighted by Crippen LogP contribution is -2.02. The van der Waals surface area contributed by atoms with Crippen LogP contribution in [0.2, 0.25) is 0 Å². The molecule has 0 saturated carbocycles. The van der Waals surface area contributed by atoms with Crippen molar-refractivity contribution < 1.29 is 9.53 Å². The van der Waals surface area contributed by atoms with Gasteiger partial charge in [-0.2, -0.15) is 0 Å². The summed E-state index contributed by atoms with van der Waals surface area (Å²) in [6, 6.07) is 13.8. The van der Waals surface area contributed by atoms with Crippen molar-refractivity contribution >= 4 is 18.1 Å². The summed E-state index contributed by atoms with van der Waals surface area (Å²) in [5.41, 5.74) is 5.02. The minimum atomic E-state index is -0.314. The molecular weight excluding hydrogens is 248 g/mol. The van der Waals surface area contributed by atoms with E-state index >= 15 is 0 Å². The minimum absolute atomic E-state index is 0.314. The Hall–Kier alpha value is -2.35. The largest absolute Gasteiger partial charge is 0.465 e. The molecular formula is C18H18O2. The Morgan fingerprint density at radius 1 is 1.00 bits per heavy atom. The summed E-state index contributed by atoms with van der Waals surface area (Å²) in [5.74, 6) is -0.314. The number of methoxy groups -OCH3 is 1. The van der Waals surface area contributed by atoms with Crippen molar-refractivity contribution in [2.24, 2.45) is 0 Å². The molecule has 2 rings (SSSR count). The summed E-state index contributed by atoms with van der Waals surface area (Å²) in [6.07, 6.45) is 3.96. The highest BCUT2D eigenvalue weighted by atomic mass is 16.5. The summed E-state index contributed by atoms with van der Waals surface area (Å²) in [5, 5.41) is 0. The highest BCUT2D eigenvalue weighted by molar-refractivity contribution is 5.94. The number of benzene rings is 2. The number of ether oxygens (including phenoxy) is 1. The first-order chi connectivity index (χ1) is 9.60. The summed E-state index contributed by atoms with van der Waals surface area (Å²) < 4.78 is 4.79. The standard InChI is InChI=1S/C18H18O2/c1-13-10-14(2)12-15(11-13)8-9-16-6-4-5-7-17(16)18(19)20-3/h4-12H,1-3H3. The molecule has 2 aromatic carbocycles. The molecule has 0 fully saturated rings. The molecule has 2 aromatic rings. The van der Waals surface area contributed by atoms with E-state index in [1.54, 1.807) is 6.07 Å². The van der Waals surface area contributed by atoms with Crippen molar-refractivity contribution in [3.8, 4) is 0 Å². The molecule has 0 aliphatic carbocycles. The molecule has 0 saturated heterocycles. The van der Waals surface area contributed by atoms with E-state index in [4.69, 9.17) is 4.74 Å². The van der Waals surface area contributed by atoms with Gasteiger partial charge in [0.2, 0.25) is 0 Å². The van der Waals surface area contributed by atoms with Crippen LogP contribution < -0.4 is 0 Å².